The molecule has 1 saturated heterocycles. The average Bonchev–Trinajstić information content (AvgIpc) is 2.92. The summed E-state index contributed by atoms with van der Waals surface area (Å²) in [5, 5.41) is 7.10. The van der Waals surface area contributed by atoms with Crippen LogP contribution in [0.25, 0.3) is 0 Å². The van der Waals surface area contributed by atoms with Crippen LogP contribution in [0.3, 0.4) is 0 Å². The fourth-order valence-electron chi connectivity index (χ4n) is 3.18. The predicted octanol–water partition coefficient (Wildman–Crippen LogP) is 2.60. The van der Waals surface area contributed by atoms with E-state index in [1.165, 1.54) is 12.1 Å². The molecule has 0 aliphatic carbocycles. The molecule has 1 aliphatic heterocycles. The third-order valence-corrected chi connectivity index (χ3v) is 4.65. The standard InChI is InChI=1S/C19H25FN4O2/c1-14-10-18(22-23(14)2)21-19(25)12-24-9-3-4-15(11-24)13-26-17-7-5-16(20)6-8-17/h5-8,10,15H,3-4,9,11-13H2,1-2H3,(H,21,22,25)/t15-/m1/s1. The van der Waals surface area contributed by atoms with Gasteiger partial charge in [-0.25, -0.2) is 4.39 Å². The van der Waals surface area contributed by atoms with E-state index in [-0.39, 0.29) is 11.7 Å². The molecule has 6 nitrogen and oxygen atoms in total. The van der Waals surface area contributed by atoms with E-state index in [2.05, 4.69) is 15.3 Å². The molecular formula is C19H25FN4O2. The molecular weight excluding hydrogens is 335 g/mol. The molecule has 7 heteroatoms. The smallest absolute Gasteiger partial charge is 0.239 e. The Morgan fingerprint density at radius 2 is 2.15 bits per heavy atom. The van der Waals surface area contributed by atoms with Gasteiger partial charge in [0.15, 0.2) is 5.82 Å². The van der Waals surface area contributed by atoms with E-state index in [0.717, 1.165) is 31.6 Å². The Hall–Kier alpha value is -2.41. The number of amides is 1. The first-order valence-electron chi connectivity index (χ1n) is 8.91. The average molecular weight is 360 g/mol. The minimum absolute atomic E-state index is 0.0526. The minimum Gasteiger partial charge on any atom is -0.493 e. The molecule has 2 heterocycles. The van der Waals surface area contributed by atoms with Gasteiger partial charge >= 0.3 is 0 Å². The largest absolute Gasteiger partial charge is 0.493 e. The lowest BCUT2D eigenvalue weighted by atomic mass is 9.99. The Kier molecular flexibility index (Phi) is 5.88. The van der Waals surface area contributed by atoms with Gasteiger partial charge in [0.25, 0.3) is 0 Å². The van der Waals surface area contributed by atoms with E-state index >= 15 is 0 Å². The van der Waals surface area contributed by atoms with Crippen LogP contribution in [0, 0.1) is 18.7 Å². The molecule has 0 saturated carbocycles. The van der Waals surface area contributed by atoms with Crippen molar-refractivity contribution in [2.45, 2.75) is 19.8 Å². The van der Waals surface area contributed by atoms with Crippen LogP contribution >= 0.6 is 0 Å². The molecule has 1 aliphatic rings. The van der Waals surface area contributed by atoms with Crippen molar-refractivity contribution in [3.8, 4) is 5.75 Å². The zero-order valence-corrected chi connectivity index (χ0v) is 15.2. The highest BCUT2D eigenvalue weighted by Crippen LogP contribution is 2.19. The Morgan fingerprint density at radius 3 is 2.85 bits per heavy atom. The molecule has 26 heavy (non-hydrogen) atoms. The van der Waals surface area contributed by atoms with E-state index in [0.29, 0.717) is 30.6 Å². The first-order valence-corrected chi connectivity index (χ1v) is 8.91. The maximum Gasteiger partial charge on any atom is 0.239 e. The molecule has 140 valence electrons. The zero-order valence-electron chi connectivity index (χ0n) is 15.2. The normalized spacial score (nSPS) is 17.9. The van der Waals surface area contributed by atoms with Crippen LogP contribution < -0.4 is 10.1 Å². The van der Waals surface area contributed by atoms with Gasteiger partial charge < -0.3 is 10.1 Å². The highest BCUT2D eigenvalue weighted by molar-refractivity contribution is 5.91. The predicted molar refractivity (Wildman–Crippen MR) is 97.6 cm³/mol. The number of carbonyl (C=O) groups excluding carboxylic acids is 1. The SMILES string of the molecule is Cc1cc(NC(=O)CN2CCC[C@@H](COc3ccc(F)cc3)C2)nn1C. The Morgan fingerprint density at radius 1 is 1.38 bits per heavy atom. The van der Waals surface area contributed by atoms with Crippen molar-refractivity contribution < 1.29 is 13.9 Å². The molecule has 0 radical (unpaired) electrons. The van der Waals surface area contributed by atoms with Crippen molar-refractivity contribution >= 4 is 11.7 Å². The van der Waals surface area contributed by atoms with E-state index in [9.17, 15) is 9.18 Å². The number of aryl methyl sites for hydroxylation is 2. The van der Waals surface area contributed by atoms with Crippen LogP contribution in [-0.2, 0) is 11.8 Å². The van der Waals surface area contributed by atoms with Crippen molar-refractivity contribution in [3.63, 3.8) is 0 Å². The maximum absolute atomic E-state index is 12.9. The van der Waals surface area contributed by atoms with Crippen LogP contribution in [0.5, 0.6) is 5.75 Å². The van der Waals surface area contributed by atoms with Crippen molar-refractivity contribution in [1.82, 2.24) is 14.7 Å². The first-order chi connectivity index (χ1) is 12.5. The number of ether oxygens (including phenoxy) is 1. The van der Waals surface area contributed by atoms with E-state index in [4.69, 9.17) is 4.74 Å². The number of likely N-dealkylation sites (tertiary alicyclic amines) is 1. The van der Waals surface area contributed by atoms with Gasteiger partial charge in [0, 0.05) is 31.3 Å². The van der Waals surface area contributed by atoms with Gasteiger partial charge in [-0.1, -0.05) is 0 Å². The lowest BCUT2D eigenvalue weighted by Crippen LogP contribution is -2.42. The fourth-order valence-corrected chi connectivity index (χ4v) is 3.18. The monoisotopic (exact) mass is 360 g/mol. The fraction of sp³-hybridized carbons (Fsp3) is 0.474. The van der Waals surface area contributed by atoms with Gasteiger partial charge in [-0.15, -0.1) is 0 Å². The molecule has 0 unspecified atom stereocenters. The highest BCUT2D eigenvalue weighted by atomic mass is 19.1. The molecule has 2 aromatic rings. The maximum atomic E-state index is 12.9. The van der Waals surface area contributed by atoms with E-state index < -0.39 is 0 Å². The molecule has 1 amide bonds. The van der Waals surface area contributed by atoms with Crippen LogP contribution in [-0.4, -0.2) is 46.8 Å². The Bertz CT molecular complexity index is 725. The van der Waals surface area contributed by atoms with Crippen molar-refractivity contribution in [1.29, 1.82) is 0 Å². The molecule has 1 aromatic heterocycles. The van der Waals surface area contributed by atoms with Crippen LogP contribution in [0.1, 0.15) is 18.5 Å². The van der Waals surface area contributed by atoms with Gasteiger partial charge in [-0.2, -0.15) is 5.10 Å². The lowest BCUT2D eigenvalue weighted by molar-refractivity contribution is -0.117. The number of nitrogens with one attached hydrogen (secondary N) is 1. The third-order valence-electron chi connectivity index (χ3n) is 4.65. The van der Waals surface area contributed by atoms with Crippen molar-refractivity contribution in [2.75, 3.05) is 31.6 Å². The number of halogens is 1. The Labute approximate surface area is 152 Å². The quantitative estimate of drug-likeness (QED) is 0.860. The second-order valence-electron chi connectivity index (χ2n) is 6.85. The number of nitrogens with zero attached hydrogens (tertiary/aromatic N) is 3. The topological polar surface area (TPSA) is 59.4 Å². The number of aromatic nitrogens is 2. The van der Waals surface area contributed by atoms with Gasteiger partial charge in [0.2, 0.25) is 5.91 Å². The molecule has 1 N–H and O–H groups in total. The summed E-state index contributed by atoms with van der Waals surface area (Å²) >= 11 is 0. The zero-order chi connectivity index (χ0) is 18.5. The van der Waals surface area contributed by atoms with Gasteiger partial charge in [-0.3, -0.25) is 14.4 Å². The first kappa shape index (κ1) is 18.4. The van der Waals surface area contributed by atoms with Crippen molar-refractivity contribution in [2.24, 2.45) is 13.0 Å². The molecule has 1 aromatic carbocycles. The molecule has 0 spiro atoms. The highest BCUT2D eigenvalue weighted by Gasteiger charge is 2.22. The minimum atomic E-state index is -0.268. The Balaban J connectivity index is 1.45. The number of anilines is 1. The second kappa shape index (κ2) is 8.31. The van der Waals surface area contributed by atoms with E-state index in [1.54, 1.807) is 16.8 Å². The number of hydrogen-bond acceptors (Lipinski definition) is 4. The number of piperidine rings is 1. The number of carbonyl (C=O) groups is 1. The van der Waals surface area contributed by atoms with Crippen LogP contribution in [0.15, 0.2) is 30.3 Å². The molecule has 1 atom stereocenters. The van der Waals surface area contributed by atoms with Crippen LogP contribution in [0.2, 0.25) is 0 Å². The summed E-state index contributed by atoms with van der Waals surface area (Å²) in [6, 6.07) is 7.92. The molecule has 0 bridgehead atoms. The molecule has 3 rings (SSSR count). The summed E-state index contributed by atoms with van der Waals surface area (Å²) in [5.41, 5.74) is 0.997. The summed E-state index contributed by atoms with van der Waals surface area (Å²) < 4.78 is 20.4. The number of benzene rings is 1. The van der Waals surface area contributed by atoms with Crippen molar-refractivity contribution in [3.05, 3.63) is 41.8 Å². The molecule has 1 fully saturated rings. The summed E-state index contributed by atoms with van der Waals surface area (Å²) in [4.78, 5) is 14.4. The van der Waals surface area contributed by atoms with E-state index in [1.807, 2.05) is 20.0 Å². The van der Waals surface area contributed by atoms with Crippen LogP contribution in [0.4, 0.5) is 10.2 Å². The summed E-state index contributed by atoms with van der Waals surface area (Å²) in [5.74, 6) is 1.30. The summed E-state index contributed by atoms with van der Waals surface area (Å²) in [7, 11) is 1.85. The number of hydrogen-bond donors (Lipinski definition) is 1. The number of rotatable bonds is 6. The summed E-state index contributed by atoms with van der Waals surface area (Å²) in [6.45, 7) is 4.59. The third kappa shape index (κ3) is 5.05. The lowest BCUT2D eigenvalue weighted by Gasteiger charge is -2.32. The van der Waals surface area contributed by atoms with Gasteiger partial charge in [-0.05, 0) is 50.6 Å². The second-order valence-corrected chi connectivity index (χ2v) is 6.85. The van der Waals surface area contributed by atoms with Gasteiger partial charge in [0.1, 0.15) is 11.6 Å². The summed E-state index contributed by atoms with van der Waals surface area (Å²) in [6.07, 6.45) is 2.10. The van der Waals surface area contributed by atoms with Gasteiger partial charge in [0.05, 0.1) is 13.2 Å².